The second kappa shape index (κ2) is 12.5. The second-order valence-corrected chi connectivity index (χ2v) is 9.96. The van der Waals surface area contributed by atoms with E-state index in [0.717, 1.165) is 39.2 Å². The van der Waals surface area contributed by atoms with Crippen molar-refractivity contribution in [3.63, 3.8) is 0 Å². The number of benzene rings is 1. The van der Waals surface area contributed by atoms with Crippen molar-refractivity contribution < 1.29 is 14.2 Å². The van der Waals surface area contributed by atoms with Crippen molar-refractivity contribution in [3.8, 4) is 11.5 Å². The Balaban J connectivity index is 1.86. The molecule has 3 heterocycles. The van der Waals surface area contributed by atoms with E-state index in [1.165, 1.54) is 0 Å². The Kier molecular flexibility index (Phi) is 9.11. The summed E-state index contributed by atoms with van der Waals surface area (Å²) in [6.45, 7) is 9.75. The molecule has 0 radical (unpaired) electrons. The number of pyridine rings is 1. The minimum Gasteiger partial charge on any atom is -0.490 e. The molecule has 188 valence electrons. The summed E-state index contributed by atoms with van der Waals surface area (Å²) in [6.07, 6.45) is 9.23. The van der Waals surface area contributed by atoms with E-state index in [2.05, 4.69) is 80.6 Å². The van der Waals surface area contributed by atoms with Gasteiger partial charge >= 0.3 is 0 Å². The maximum Gasteiger partial charge on any atom is 0.147 e. The fourth-order valence-corrected chi connectivity index (χ4v) is 5.14. The van der Waals surface area contributed by atoms with Gasteiger partial charge in [-0.25, -0.2) is 0 Å². The normalized spacial score (nSPS) is 20.8. The van der Waals surface area contributed by atoms with Crippen LogP contribution < -0.4 is 14.8 Å². The zero-order valence-corrected chi connectivity index (χ0v) is 23.6. The smallest absolute Gasteiger partial charge is 0.147 e. The molecule has 1 N–H and O–H groups in total. The fraction of sp³-hybridized carbons (Fsp3) is 0.259. The van der Waals surface area contributed by atoms with Gasteiger partial charge in [0.25, 0.3) is 0 Å². The minimum absolute atomic E-state index is 0.375. The zero-order chi connectivity index (χ0) is 25.5. The van der Waals surface area contributed by atoms with E-state index in [1.807, 2.05) is 19.2 Å². The number of fused-ring (bicyclic) bond motifs is 6. The van der Waals surface area contributed by atoms with E-state index < -0.39 is 0 Å². The number of amidine groups is 1. The van der Waals surface area contributed by atoms with Gasteiger partial charge in [-0.15, -0.1) is 0 Å². The molecule has 0 amide bonds. The molecule has 4 bridgehead atoms. The van der Waals surface area contributed by atoms with E-state index in [1.54, 1.807) is 27.6 Å². The largest absolute Gasteiger partial charge is 0.490 e. The lowest BCUT2D eigenvalue weighted by Gasteiger charge is -2.16. The lowest BCUT2D eigenvalue weighted by molar-refractivity contribution is 0.165. The van der Waals surface area contributed by atoms with Crippen molar-refractivity contribution in [2.24, 2.45) is 4.99 Å². The van der Waals surface area contributed by atoms with Gasteiger partial charge < -0.3 is 19.5 Å². The van der Waals surface area contributed by atoms with Crippen LogP contribution in [-0.4, -0.2) is 48.7 Å². The van der Waals surface area contributed by atoms with Gasteiger partial charge in [0.05, 0.1) is 19.1 Å². The number of aliphatic imine (C=N–C) groups is 1. The first-order valence-electron chi connectivity index (χ1n) is 11.5. The fourth-order valence-electron chi connectivity index (χ4n) is 3.88. The number of rotatable bonds is 4. The average molecular weight is 617 g/mol. The number of halogens is 1. The van der Waals surface area contributed by atoms with Crippen LogP contribution in [0.1, 0.15) is 23.6 Å². The summed E-state index contributed by atoms with van der Waals surface area (Å²) in [5.74, 6) is 2.84. The van der Waals surface area contributed by atoms with Crippen LogP contribution in [0.15, 0.2) is 77.4 Å². The molecule has 1 aromatic carbocycles. The highest BCUT2D eigenvalue weighted by molar-refractivity contribution is 14.2. The Morgan fingerprint density at radius 3 is 2.69 bits per heavy atom. The number of nitrogens with one attached hydrogen (secondary N) is 1. The number of hydrogen-bond acceptors (Lipinski definition) is 7. The Labute approximate surface area is 228 Å². The van der Waals surface area contributed by atoms with Gasteiger partial charge in [0.15, 0.2) is 0 Å². The second-order valence-electron chi connectivity index (χ2n) is 8.25. The maximum atomic E-state index is 6.14. The number of ether oxygens (including phenoxy) is 3. The zero-order valence-electron chi connectivity index (χ0n) is 20.6. The van der Waals surface area contributed by atoms with Crippen molar-refractivity contribution in [3.05, 3.63) is 89.1 Å². The molecule has 2 aliphatic heterocycles. The number of nitrogens with zero attached hydrogens (tertiary/aromatic N) is 3. The first-order valence-corrected chi connectivity index (χ1v) is 14.8. The molecule has 0 fully saturated rings. The summed E-state index contributed by atoms with van der Waals surface area (Å²) in [5.41, 5.74) is 6.50. The van der Waals surface area contributed by atoms with E-state index in [0.29, 0.717) is 43.7 Å². The first-order chi connectivity index (χ1) is 17.5. The van der Waals surface area contributed by atoms with E-state index in [-0.39, 0.29) is 0 Å². The van der Waals surface area contributed by atoms with Crippen molar-refractivity contribution in [2.75, 3.05) is 33.5 Å². The summed E-state index contributed by atoms with van der Waals surface area (Å²) in [6, 6.07) is 8.30. The van der Waals surface area contributed by atoms with Gasteiger partial charge in [0, 0.05) is 53.7 Å². The molecule has 9 heteroatoms. The van der Waals surface area contributed by atoms with Crippen LogP contribution in [0, 0.1) is 6.92 Å². The minimum atomic E-state index is 0.375. The van der Waals surface area contributed by atoms with Gasteiger partial charge in [-0.2, -0.15) is 0 Å². The number of allylic oxidation sites excluding steroid dienone is 1. The van der Waals surface area contributed by atoms with Gasteiger partial charge in [-0.3, -0.25) is 14.3 Å². The third-order valence-corrected chi connectivity index (χ3v) is 7.39. The van der Waals surface area contributed by atoms with Crippen LogP contribution in [0.25, 0.3) is 11.6 Å². The van der Waals surface area contributed by atoms with Crippen molar-refractivity contribution in [1.29, 1.82) is 0 Å². The first kappa shape index (κ1) is 26.3. The van der Waals surface area contributed by atoms with Gasteiger partial charge in [0.1, 0.15) is 42.9 Å². The van der Waals surface area contributed by atoms with Crippen molar-refractivity contribution in [2.45, 2.75) is 13.8 Å². The molecule has 0 unspecified atom stereocenters. The van der Waals surface area contributed by atoms with Crippen LogP contribution in [0.5, 0.6) is 11.5 Å². The van der Waals surface area contributed by atoms with Crippen LogP contribution in [0.4, 0.5) is 0 Å². The third-order valence-electron chi connectivity index (χ3n) is 5.69. The summed E-state index contributed by atoms with van der Waals surface area (Å²) < 4.78 is 20.0. The summed E-state index contributed by atoms with van der Waals surface area (Å²) >= 11 is 2.29. The van der Waals surface area contributed by atoms with E-state index in [9.17, 15) is 0 Å². The lowest BCUT2D eigenvalue weighted by atomic mass is 9.93. The highest BCUT2D eigenvalue weighted by atomic mass is 127. The van der Waals surface area contributed by atoms with E-state index in [4.69, 9.17) is 19.2 Å². The highest BCUT2D eigenvalue weighted by Gasteiger charge is 2.29. The third kappa shape index (κ3) is 6.13. The monoisotopic (exact) mass is 616 g/mol. The predicted molar refractivity (Wildman–Crippen MR) is 156 cm³/mol. The van der Waals surface area contributed by atoms with Crippen molar-refractivity contribution >= 4 is 47.8 Å². The SMILES string of the molecule is C=C/C1=C\c2cc(ccc2C)C2=CN(SI)C(=N/CNC)/C2=C(\C)COc2cncc(c2)OCCO1. The number of aryl methyl sites for hydroxylation is 1. The summed E-state index contributed by atoms with van der Waals surface area (Å²) in [7, 11) is 3.47. The topological polar surface area (TPSA) is 68.2 Å². The van der Waals surface area contributed by atoms with Crippen LogP contribution in [0.2, 0.25) is 0 Å². The van der Waals surface area contributed by atoms with Gasteiger partial charge in [-0.1, -0.05) is 18.7 Å². The molecule has 4 rings (SSSR count). The Morgan fingerprint density at radius 1 is 1.17 bits per heavy atom. The molecule has 0 atom stereocenters. The molecule has 2 aliphatic rings. The van der Waals surface area contributed by atoms with Crippen LogP contribution in [-0.2, 0) is 4.74 Å². The molecule has 2 aromatic rings. The molecule has 0 saturated carbocycles. The Bertz CT molecular complexity index is 1260. The van der Waals surface area contributed by atoms with Gasteiger partial charge in [-0.05, 0) is 61.4 Å². The maximum absolute atomic E-state index is 6.14. The molecular formula is C27H29IN4O3S. The lowest BCUT2D eigenvalue weighted by Crippen LogP contribution is -2.19. The molecule has 1 aromatic heterocycles. The van der Waals surface area contributed by atoms with Gasteiger partial charge in [0.2, 0.25) is 0 Å². The Hall–Kier alpha value is -2.76. The molecule has 0 spiro atoms. The summed E-state index contributed by atoms with van der Waals surface area (Å²) in [4.78, 5) is 9.11. The number of hydrogen-bond donors (Lipinski definition) is 1. The van der Waals surface area contributed by atoms with Crippen LogP contribution in [0.3, 0.4) is 0 Å². The van der Waals surface area contributed by atoms with Crippen LogP contribution >= 0.6 is 30.3 Å². The molecule has 7 nitrogen and oxygen atoms in total. The molecule has 36 heavy (non-hydrogen) atoms. The predicted octanol–water partition coefficient (Wildman–Crippen LogP) is 5.95. The molecule has 0 saturated heterocycles. The van der Waals surface area contributed by atoms with E-state index >= 15 is 0 Å². The molecular weight excluding hydrogens is 587 g/mol. The standard InChI is InChI=1S/C27H29IN4O3S/c1-5-22-11-21-10-20(7-6-18(21)2)25-15-32(36-28)27(31-17-29-4)26(25)19(3)16-35-24-12-23(13-30-14-24)34-9-8-33-22/h5-7,10-15,29H,1,8-9,16-17H2,2-4H3/b22-11+,26-19+,31-27+. The highest BCUT2D eigenvalue weighted by Crippen LogP contribution is 2.40. The summed E-state index contributed by atoms with van der Waals surface area (Å²) in [5, 5.41) is 3.12. The van der Waals surface area contributed by atoms with Crippen molar-refractivity contribution in [1.82, 2.24) is 14.6 Å². The number of aromatic nitrogens is 1. The quantitative estimate of drug-likeness (QED) is 0.337. The Morgan fingerprint density at radius 2 is 1.94 bits per heavy atom. The molecule has 0 aliphatic carbocycles. The average Bonchev–Trinajstić information content (AvgIpc) is 3.27.